The molecule has 4 heteroatoms. The number of hydrogen-bond donors (Lipinski definition) is 2. The molecule has 16 heavy (non-hydrogen) atoms. The molecule has 1 unspecified atom stereocenters. The van der Waals surface area contributed by atoms with Gasteiger partial charge in [0.25, 0.3) is 0 Å². The van der Waals surface area contributed by atoms with Crippen LogP contribution in [-0.2, 0) is 9.53 Å². The van der Waals surface area contributed by atoms with E-state index in [2.05, 4.69) is 10.6 Å². The molecule has 0 aromatic rings. The van der Waals surface area contributed by atoms with Crippen molar-refractivity contribution in [2.75, 3.05) is 26.3 Å². The van der Waals surface area contributed by atoms with Gasteiger partial charge in [0, 0.05) is 19.8 Å². The molecule has 0 aromatic heterocycles. The van der Waals surface area contributed by atoms with Crippen LogP contribution in [0.4, 0.5) is 0 Å². The first kappa shape index (κ1) is 11.9. The van der Waals surface area contributed by atoms with Crippen LogP contribution in [0.2, 0.25) is 0 Å². The van der Waals surface area contributed by atoms with Crippen molar-refractivity contribution in [2.24, 2.45) is 5.92 Å². The molecule has 2 aliphatic rings. The van der Waals surface area contributed by atoms with Gasteiger partial charge in [0.05, 0.1) is 6.04 Å². The van der Waals surface area contributed by atoms with Crippen LogP contribution in [0.5, 0.6) is 0 Å². The minimum atomic E-state index is 0.0645. The predicted molar refractivity (Wildman–Crippen MR) is 62.2 cm³/mol. The molecular weight excluding hydrogens is 204 g/mol. The zero-order chi connectivity index (χ0) is 11.2. The highest BCUT2D eigenvalue weighted by Crippen LogP contribution is 2.17. The highest BCUT2D eigenvalue weighted by molar-refractivity contribution is 5.81. The minimum absolute atomic E-state index is 0.0645. The smallest absolute Gasteiger partial charge is 0.237 e. The van der Waals surface area contributed by atoms with Crippen LogP contribution in [0.25, 0.3) is 0 Å². The van der Waals surface area contributed by atoms with Gasteiger partial charge in [-0.05, 0) is 44.6 Å². The van der Waals surface area contributed by atoms with Gasteiger partial charge < -0.3 is 15.4 Å². The molecule has 0 radical (unpaired) electrons. The van der Waals surface area contributed by atoms with Crippen LogP contribution in [0.15, 0.2) is 0 Å². The van der Waals surface area contributed by atoms with Crippen LogP contribution in [0.1, 0.15) is 32.1 Å². The van der Waals surface area contributed by atoms with E-state index < -0.39 is 0 Å². The largest absolute Gasteiger partial charge is 0.381 e. The van der Waals surface area contributed by atoms with Gasteiger partial charge in [-0.25, -0.2) is 0 Å². The molecular formula is C12H22N2O2. The van der Waals surface area contributed by atoms with E-state index in [-0.39, 0.29) is 11.9 Å². The second-order valence-electron chi connectivity index (χ2n) is 4.78. The van der Waals surface area contributed by atoms with Crippen LogP contribution in [0, 0.1) is 5.92 Å². The summed E-state index contributed by atoms with van der Waals surface area (Å²) in [5.74, 6) is 0.926. The summed E-state index contributed by atoms with van der Waals surface area (Å²) in [5, 5.41) is 6.24. The Bertz CT molecular complexity index is 221. The first-order valence-electron chi connectivity index (χ1n) is 6.45. The van der Waals surface area contributed by atoms with Crippen molar-refractivity contribution < 1.29 is 9.53 Å². The van der Waals surface area contributed by atoms with Crippen LogP contribution >= 0.6 is 0 Å². The molecule has 92 valence electrons. The van der Waals surface area contributed by atoms with Gasteiger partial charge in [0.1, 0.15) is 0 Å². The van der Waals surface area contributed by atoms with Gasteiger partial charge in [-0.2, -0.15) is 0 Å². The fourth-order valence-corrected chi connectivity index (χ4v) is 2.47. The molecule has 0 spiro atoms. The van der Waals surface area contributed by atoms with Gasteiger partial charge in [0.2, 0.25) is 5.91 Å². The Labute approximate surface area is 97.1 Å². The van der Waals surface area contributed by atoms with E-state index in [0.29, 0.717) is 0 Å². The highest BCUT2D eigenvalue weighted by Gasteiger charge is 2.21. The first-order chi connectivity index (χ1) is 7.86. The number of rotatable bonds is 4. The number of hydrogen-bond acceptors (Lipinski definition) is 3. The van der Waals surface area contributed by atoms with E-state index in [4.69, 9.17) is 4.74 Å². The van der Waals surface area contributed by atoms with E-state index in [1.165, 1.54) is 0 Å². The van der Waals surface area contributed by atoms with E-state index >= 15 is 0 Å². The lowest BCUT2D eigenvalue weighted by Gasteiger charge is -2.22. The van der Waals surface area contributed by atoms with Crippen LogP contribution in [-0.4, -0.2) is 38.3 Å². The van der Waals surface area contributed by atoms with Gasteiger partial charge in [-0.1, -0.05) is 0 Å². The molecule has 2 aliphatic heterocycles. The Kier molecular flexibility index (Phi) is 4.60. The zero-order valence-electron chi connectivity index (χ0n) is 9.84. The lowest BCUT2D eigenvalue weighted by Crippen LogP contribution is -2.41. The van der Waals surface area contributed by atoms with Crippen molar-refractivity contribution in [1.82, 2.24) is 10.6 Å². The van der Waals surface area contributed by atoms with Gasteiger partial charge in [-0.3, -0.25) is 4.79 Å². The lowest BCUT2D eigenvalue weighted by molar-refractivity contribution is -0.122. The number of amides is 1. The number of ether oxygens (including phenoxy) is 1. The zero-order valence-corrected chi connectivity index (χ0v) is 9.84. The summed E-state index contributed by atoms with van der Waals surface area (Å²) in [6.45, 7) is 3.59. The third kappa shape index (κ3) is 3.46. The Balaban J connectivity index is 1.57. The lowest BCUT2D eigenvalue weighted by atomic mass is 9.97. The number of carbonyl (C=O) groups excluding carboxylic acids is 1. The number of carbonyl (C=O) groups is 1. The molecule has 0 saturated carbocycles. The van der Waals surface area contributed by atoms with E-state index in [1.807, 2.05) is 0 Å². The topological polar surface area (TPSA) is 50.4 Å². The van der Waals surface area contributed by atoms with E-state index in [1.54, 1.807) is 0 Å². The normalized spacial score (nSPS) is 26.9. The molecule has 0 aliphatic carbocycles. The molecule has 1 amide bonds. The average molecular weight is 226 g/mol. The van der Waals surface area contributed by atoms with Gasteiger partial charge in [-0.15, -0.1) is 0 Å². The second kappa shape index (κ2) is 6.21. The summed E-state index contributed by atoms with van der Waals surface area (Å²) < 4.78 is 5.31. The van der Waals surface area contributed by atoms with Crippen molar-refractivity contribution in [3.8, 4) is 0 Å². The molecule has 0 bridgehead atoms. The van der Waals surface area contributed by atoms with Gasteiger partial charge in [0.15, 0.2) is 0 Å². The fraction of sp³-hybridized carbons (Fsp3) is 0.917. The van der Waals surface area contributed by atoms with Crippen molar-refractivity contribution >= 4 is 5.91 Å². The summed E-state index contributed by atoms with van der Waals surface area (Å²) >= 11 is 0. The van der Waals surface area contributed by atoms with Crippen LogP contribution < -0.4 is 10.6 Å². The first-order valence-corrected chi connectivity index (χ1v) is 6.45. The second-order valence-corrected chi connectivity index (χ2v) is 4.78. The monoisotopic (exact) mass is 226 g/mol. The SMILES string of the molecule is O=C(NCCC1CCOCC1)C1CCCN1. The van der Waals surface area contributed by atoms with Crippen molar-refractivity contribution in [1.29, 1.82) is 0 Å². The molecule has 1 atom stereocenters. The van der Waals surface area contributed by atoms with Crippen molar-refractivity contribution in [3.63, 3.8) is 0 Å². The standard InChI is InChI=1S/C12H22N2O2/c15-12(11-2-1-6-13-11)14-7-3-10-4-8-16-9-5-10/h10-11,13H,1-9H2,(H,14,15). The molecule has 2 N–H and O–H groups in total. The van der Waals surface area contributed by atoms with E-state index in [9.17, 15) is 4.79 Å². The highest BCUT2D eigenvalue weighted by atomic mass is 16.5. The maximum Gasteiger partial charge on any atom is 0.237 e. The van der Waals surface area contributed by atoms with E-state index in [0.717, 1.165) is 64.3 Å². The Hall–Kier alpha value is -0.610. The van der Waals surface area contributed by atoms with Crippen molar-refractivity contribution in [3.05, 3.63) is 0 Å². The summed E-state index contributed by atoms with van der Waals surface area (Å²) in [7, 11) is 0. The summed E-state index contributed by atoms with van der Waals surface area (Å²) in [6.07, 6.45) is 5.51. The molecule has 2 fully saturated rings. The third-order valence-corrected chi connectivity index (χ3v) is 3.57. The summed E-state index contributed by atoms with van der Waals surface area (Å²) in [6, 6.07) is 0.0645. The fourth-order valence-electron chi connectivity index (χ4n) is 2.47. The van der Waals surface area contributed by atoms with Crippen LogP contribution in [0.3, 0.4) is 0 Å². The molecule has 4 nitrogen and oxygen atoms in total. The Morgan fingerprint density at radius 2 is 2.12 bits per heavy atom. The Morgan fingerprint density at radius 3 is 2.81 bits per heavy atom. The average Bonchev–Trinajstić information content (AvgIpc) is 2.84. The van der Waals surface area contributed by atoms with Crippen molar-refractivity contribution in [2.45, 2.75) is 38.1 Å². The summed E-state index contributed by atoms with van der Waals surface area (Å²) in [4.78, 5) is 11.7. The predicted octanol–water partition coefficient (Wildman–Crippen LogP) is 0.671. The molecule has 2 heterocycles. The van der Waals surface area contributed by atoms with Gasteiger partial charge >= 0.3 is 0 Å². The molecule has 2 saturated heterocycles. The number of nitrogens with one attached hydrogen (secondary N) is 2. The minimum Gasteiger partial charge on any atom is -0.381 e. The molecule has 0 aromatic carbocycles. The third-order valence-electron chi connectivity index (χ3n) is 3.57. The maximum atomic E-state index is 11.7. The summed E-state index contributed by atoms with van der Waals surface area (Å²) in [5.41, 5.74) is 0. The quantitative estimate of drug-likeness (QED) is 0.741. The molecule has 2 rings (SSSR count). The maximum absolute atomic E-state index is 11.7. The Morgan fingerprint density at radius 1 is 1.31 bits per heavy atom.